The number of pyridine rings is 1. The molecule has 0 bridgehead atoms. The van der Waals surface area contributed by atoms with Gasteiger partial charge in [0.05, 0.1) is 0 Å². The van der Waals surface area contributed by atoms with Crippen molar-refractivity contribution in [2.75, 3.05) is 15.4 Å². The van der Waals surface area contributed by atoms with Gasteiger partial charge >= 0.3 is 180 Å². The van der Waals surface area contributed by atoms with Crippen LogP contribution >= 0.6 is 19.8 Å². The Morgan fingerprint density at radius 1 is 1.31 bits per heavy atom. The van der Waals surface area contributed by atoms with E-state index in [1.54, 1.807) is 6.20 Å². The summed E-state index contributed by atoms with van der Waals surface area (Å²) in [6.07, 6.45) is 8.52. The van der Waals surface area contributed by atoms with Gasteiger partial charge in [0.15, 0.2) is 0 Å². The number of hydrogen-bond donors (Lipinski definition) is 2. The maximum absolute atomic E-state index is 13.1. The van der Waals surface area contributed by atoms with Crippen LogP contribution in [-0.2, 0) is 6.42 Å². The number of alkyl halides is 3. The molecule has 5 atom stereocenters. The van der Waals surface area contributed by atoms with Gasteiger partial charge in [0, 0.05) is 0 Å². The van der Waals surface area contributed by atoms with E-state index in [4.69, 9.17) is 0 Å². The number of carboxylic acids is 1. The molecule has 4 aliphatic rings. The van der Waals surface area contributed by atoms with Crippen molar-refractivity contribution in [1.29, 1.82) is 0 Å². The third kappa shape index (κ3) is 3.38. The summed E-state index contributed by atoms with van der Waals surface area (Å²) in [5, 5.41) is 13.3. The summed E-state index contributed by atoms with van der Waals surface area (Å²) in [5.41, 5.74) is 1.81. The third-order valence-corrected chi connectivity index (χ3v) is 16.2. The Morgan fingerprint density at radius 2 is 2.10 bits per heavy atom. The van der Waals surface area contributed by atoms with Crippen LogP contribution in [0, 0.1) is 11.8 Å². The number of aromatic nitrogens is 1. The molecule has 2 N–H and O–H groups in total. The van der Waals surface area contributed by atoms with Crippen LogP contribution < -0.4 is 10.7 Å². The standard InChI is InChI=1S/C23H33IN2O3/c1-3-14-10-17-21(26(16-4-5-16)12-18(22(17)27)23(28)29)13(2)20(14)24-8-6-19-15(11-24)7-9-25-19/h12-16,19-20,25H,3-11H2,1-2H3,(H,28,29)/t13-,14?,15?,19?,20?/m1/s1. The zero-order chi connectivity index (χ0) is 20.3. The average Bonchev–Trinajstić information content (AvgIpc) is 3.44. The fourth-order valence-electron chi connectivity index (χ4n) is 6.20. The molecule has 4 unspecified atom stereocenters. The first-order valence-electron chi connectivity index (χ1n) is 11.3. The monoisotopic (exact) mass is 512 g/mol. The molecule has 0 spiro atoms. The normalized spacial score (nSPS) is 35.2. The predicted octanol–water partition coefficient (Wildman–Crippen LogP) is 3.82. The minimum atomic E-state index is -1.14. The van der Waals surface area contributed by atoms with E-state index in [0.29, 0.717) is 17.9 Å². The molecule has 3 fully saturated rings. The first-order chi connectivity index (χ1) is 14.0. The topological polar surface area (TPSA) is 71.3 Å². The van der Waals surface area contributed by atoms with Crippen LogP contribution in [0.5, 0.6) is 0 Å². The number of aromatic carboxylic acids is 1. The van der Waals surface area contributed by atoms with Gasteiger partial charge in [0.1, 0.15) is 0 Å². The number of fused-ring (bicyclic) bond motifs is 2. The van der Waals surface area contributed by atoms with Crippen LogP contribution in [0.4, 0.5) is 0 Å². The molecule has 160 valence electrons. The number of nitrogens with one attached hydrogen (secondary N) is 1. The molecule has 5 nitrogen and oxygen atoms in total. The van der Waals surface area contributed by atoms with Crippen LogP contribution in [0.2, 0.25) is 0 Å². The number of carboxylic acid groups (broad SMARTS) is 1. The zero-order valence-corrected chi connectivity index (χ0v) is 19.7. The summed E-state index contributed by atoms with van der Waals surface area (Å²) >= 11 is -1.14. The Morgan fingerprint density at radius 3 is 2.79 bits per heavy atom. The molecule has 0 amide bonds. The van der Waals surface area contributed by atoms with Gasteiger partial charge in [-0.25, -0.2) is 0 Å². The fourth-order valence-corrected chi connectivity index (χ4v) is 16.0. The molecule has 5 rings (SSSR count). The Bertz CT molecular complexity index is 878. The van der Waals surface area contributed by atoms with Crippen molar-refractivity contribution in [3.05, 3.63) is 33.2 Å². The average molecular weight is 512 g/mol. The molecule has 0 aromatic carbocycles. The Labute approximate surface area is 180 Å². The molecular weight excluding hydrogens is 479 g/mol. The quantitative estimate of drug-likeness (QED) is 0.476. The van der Waals surface area contributed by atoms with E-state index in [0.717, 1.165) is 47.1 Å². The van der Waals surface area contributed by atoms with Crippen molar-refractivity contribution < 1.29 is 9.90 Å². The van der Waals surface area contributed by atoms with Crippen molar-refractivity contribution in [3.8, 4) is 0 Å². The summed E-state index contributed by atoms with van der Waals surface area (Å²) in [7, 11) is 0. The second kappa shape index (κ2) is 7.66. The Kier molecular flexibility index (Phi) is 5.29. The van der Waals surface area contributed by atoms with Crippen molar-refractivity contribution in [2.24, 2.45) is 11.8 Å². The third-order valence-electron chi connectivity index (χ3n) is 7.80. The summed E-state index contributed by atoms with van der Waals surface area (Å²) in [4.78, 5) is 24.8. The zero-order valence-electron chi connectivity index (χ0n) is 17.5. The predicted molar refractivity (Wildman–Crippen MR) is 124 cm³/mol. The number of hydrogen-bond acceptors (Lipinski definition) is 3. The summed E-state index contributed by atoms with van der Waals surface area (Å²) < 4.78 is 5.91. The van der Waals surface area contributed by atoms with Gasteiger partial charge in [0.2, 0.25) is 0 Å². The Hall–Kier alpha value is -0.890. The SMILES string of the molecule is CCC1Cc2c(n(C3CC3)cc(C(=O)O)c2=O)[C@H](C)C1I1CCC2NCCC2C1. The van der Waals surface area contributed by atoms with Gasteiger partial charge < -0.3 is 0 Å². The van der Waals surface area contributed by atoms with Crippen molar-refractivity contribution in [1.82, 2.24) is 9.88 Å². The van der Waals surface area contributed by atoms with Gasteiger partial charge in [-0.1, -0.05) is 0 Å². The van der Waals surface area contributed by atoms with Gasteiger partial charge in [-0.2, -0.15) is 0 Å². The summed E-state index contributed by atoms with van der Waals surface area (Å²) in [6.45, 7) is 5.83. The minimum absolute atomic E-state index is 0.0208. The molecule has 2 aliphatic carbocycles. The summed E-state index contributed by atoms with van der Waals surface area (Å²) in [5.74, 6) is 0.770. The number of nitrogens with zero attached hydrogens (tertiary/aromatic N) is 1. The van der Waals surface area contributed by atoms with E-state index in [-0.39, 0.29) is 11.0 Å². The van der Waals surface area contributed by atoms with Crippen LogP contribution in [0.1, 0.15) is 79.5 Å². The van der Waals surface area contributed by atoms with E-state index in [1.807, 2.05) is 0 Å². The second-order valence-corrected chi connectivity index (χ2v) is 15.8. The number of carbonyl (C=O) groups is 1. The van der Waals surface area contributed by atoms with Crippen molar-refractivity contribution in [3.63, 3.8) is 0 Å². The molecule has 1 aromatic heterocycles. The van der Waals surface area contributed by atoms with Gasteiger partial charge in [-0.3, -0.25) is 0 Å². The second-order valence-electron chi connectivity index (χ2n) is 9.52. The molecule has 3 heterocycles. The maximum atomic E-state index is 13.1. The molecular formula is C23H33IN2O3. The van der Waals surface area contributed by atoms with Gasteiger partial charge in [-0.15, -0.1) is 0 Å². The first kappa shape index (κ1) is 20.0. The molecule has 6 heteroatoms. The number of halogens is 1. The van der Waals surface area contributed by atoms with Crippen LogP contribution in [-0.4, -0.2) is 41.0 Å². The first-order valence-corrected chi connectivity index (χ1v) is 15.6. The van der Waals surface area contributed by atoms with Crippen LogP contribution in [0.3, 0.4) is 0 Å². The van der Waals surface area contributed by atoms with E-state index in [1.165, 1.54) is 33.9 Å². The molecule has 1 saturated carbocycles. The molecule has 1 aromatic rings. The van der Waals surface area contributed by atoms with Crippen LogP contribution in [0.25, 0.3) is 0 Å². The fraction of sp³-hybridized carbons (Fsp3) is 0.739. The van der Waals surface area contributed by atoms with Crippen LogP contribution in [0.15, 0.2) is 11.0 Å². The van der Waals surface area contributed by atoms with Gasteiger partial charge in [0.25, 0.3) is 0 Å². The summed E-state index contributed by atoms with van der Waals surface area (Å²) in [6, 6.07) is 1.17. The van der Waals surface area contributed by atoms with Gasteiger partial charge in [-0.05, 0) is 0 Å². The number of rotatable bonds is 4. The van der Waals surface area contributed by atoms with E-state index in [9.17, 15) is 14.7 Å². The Balaban J connectivity index is 1.55. The molecule has 29 heavy (non-hydrogen) atoms. The van der Waals surface area contributed by atoms with Crippen molar-refractivity contribution in [2.45, 2.75) is 74.3 Å². The molecule has 0 radical (unpaired) electrons. The molecule has 2 aliphatic heterocycles. The van der Waals surface area contributed by atoms with E-state index in [2.05, 4.69) is 23.7 Å². The van der Waals surface area contributed by atoms with Crippen molar-refractivity contribution >= 4 is 25.8 Å². The van der Waals surface area contributed by atoms with E-state index >= 15 is 0 Å². The molecule has 2 saturated heterocycles. The van der Waals surface area contributed by atoms with E-state index < -0.39 is 25.8 Å².